The van der Waals surface area contributed by atoms with Gasteiger partial charge in [-0.3, -0.25) is 0 Å². The van der Waals surface area contributed by atoms with Crippen LogP contribution < -0.4 is 14.8 Å². The van der Waals surface area contributed by atoms with Crippen molar-refractivity contribution in [3.63, 3.8) is 0 Å². The van der Waals surface area contributed by atoms with E-state index >= 15 is 0 Å². The summed E-state index contributed by atoms with van der Waals surface area (Å²) in [5.41, 5.74) is 2.50. The molecular weight excluding hydrogens is 392 g/mol. The number of nitrogens with zero attached hydrogens (tertiary/aromatic N) is 1. The quantitative estimate of drug-likeness (QED) is 0.452. The van der Waals surface area contributed by atoms with E-state index in [4.69, 9.17) is 9.47 Å². The van der Waals surface area contributed by atoms with E-state index in [1.807, 2.05) is 24.3 Å². The number of ether oxygens (including phenoxy) is 2. The Bertz CT molecular complexity index is 763. The molecule has 1 aliphatic rings. The van der Waals surface area contributed by atoms with Gasteiger partial charge in [0, 0.05) is 26.2 Å². The van der Waals surface area contributed by atoms with E-state index in [0.717, 1.165) is 57.4 Å². The molecule has 1 heterocycles. The first-order valence-electron chi connectivity index (χ1n) is 11.3. The molecule has 2 aromatic carbocycles. The number of aliphatic hydroxyl groups is 2. The van der Waals surface area contributed by atoms with Crippen LogP contribution in [0.4, 0.5) is 0 Å². The zero-order valence-electron chi connectivity index (χ0n) is 18.5. The SMILES string of the molecule is COc1cc(CNCCCc2ccccc2)ccc1OC[C@@H](O)CN1CCC(O)CC1. The maximum atomic E-state index is 10.3. The summed E-state index contributed by atoms with van der Waals surface area (Å²) in [6, 6.07) is 16.5. The molecule has 3 N–H and O–H groups in total. The third kappa shape index (κ3) is 8.15. The van der Waals surface area contributed by atoms with Crippen LogP contribution in [0.2, 0.25) is 0 Å². The van der Waals surface area contributed by atoms with Crippen molar-refractivity contribution in [3.8, 4) is 11.5 Å². The van der Waals surface area contributed by atoms with Gasteiger partial charge in [-0.05, 0) is 55.5 Å². The van der Waals surface area contributed by atoms with Gasteiger partial charge >= 0.3 is 0 Å². The predicted molar refractivity (Wildman–Crippen MR) is 123 cm³/mol. The Labute approximate surface area is 185 Å². The average Bonchev–Trinajstić information content (AvgIpc) is 2.80. The number of β-amino-alcohol motifs (C(OH)–C–C–N with tert-alkyl or cyclic N) is 1. The Morgan fingerprint density at radius 1 is 1.06 bits per heavy atom. The summed E-state index contributed by atoms with van der Waals surface area (Å²) < 4.78 is 11.3. The van der Waals surface area contributed by atoms with Crippen LogP contribution in [0, 0.1) is 0 Å². The molecule has 3 rings (SSSR count). The molecule has 1 fully saturated rings. The maximum Gasteiger partial charge on any atom is 0.161 e. The minimum Gasteiger partial charge on any atom is -0.493 e. The van der Waals surface area contributed by atoms with Crippen LogP contribution in [0.15, 0.2) is 48.5 Å². The number of benzene rings is 2. The fraction of sp³-hybridized carbons (Fsp3) is 0.520. The van der Waals surface area contributed by atoms with Gasteiger partial charge in [-0.15, -0.1) is 0 Å². The van der Waals surface area contributed by atoms with E-state index in [2.05, 4.69) is 34.5 Å². The third-order valence-corrected chi connectivity index (χ3v) is 5.68. The molecule has 0 spiro atoms. The molecular formula is C25H36N2O4. The minimum absolute atomic E-state index is 0.203. The fourth-order valence-electron chi connectivity index (χ4n) is 3.87. The molecule has 170 valence electrons. The summed E-state index contributed by atoms with van der Waals surface area (Å²) in [6.45, 7) is 4.12. The summed E-state index contributed by atoms with van der Waals surface area (Å²) in [4.78, 5) is 2.17. The lowest BCUT2D eigenvalue weighted by atomic mass is 10.1. The van der Waals surface area contributed by atoms with Crippen molar-refractivity contribution in [1.29, 1.82) is 0 Å². The van der Waals surface area contributed by atoms with Crippen molar-refractivity contribution >= 4 is 0 Å². The number of aliphatic hydroxyl groups excluding tert-OH is 2. The number of likely N-dealkylation sites (tertiary alicyclic amines) is 1. The summed E-state index contributed by atoms with van der Waals surface area (Å²) in [5.74, 6) is 1.32. The highest BCUT2D eigenvalue weighted by Gasteiger charge is 2.20. The van der Waals surface area contributed by atoms with E-state index in [1.54, 1.807) is 7.11 Å². The first-order chi connectivity index (χ1) is 15.1. The largest absolute Gasteiger partial charge is 0.493 e. The highest BCUT2D eigenvalue weighted by atomic mass is 16.5. The van der Waals surface area contributed by atoms with E-state index in [0.29, 0.717) is 18.0 Å². The van der Waals surface area contributed by atoms with Gasteiger partial charge in [-0.25, -0.2) is 0 Å². The second-order valence-corrected chi connectivity index (χ2v) is 8.25. The van der Waals surface area contributed by atoms with Crippen LogP contribution in [-0.2, 0) is 13.0 Å². The Morgan fingerprint density at radius 3 is 2.58 bits per heavy atom. The molecule has 0 radical (unpaired) electrons. The lowest BCUT2D eigenvalue weighted by molar-refractivity contribution is 0.0333. The molecule has 1 saturated heterocycles. The van der Waals surface area contributed by atoms with Crippen LogP contribution in [0.5, 0.6) is 11.5 Å². The number of hydrogen-bond donors (Lipinski definition) is 3. The zero-order chi connectivity index (χ0) is 21.9. The number of methoxy groups -OCH3 is 1. The molecule has 31 heavy (non-hydrogen) atoms. The van der Waals surface area contributed by atoms with Crippen LogP contribution >= 0.6 is 0 Å². The first-order valence-corrected chi connectivity index (χ1v) is 11.3. The van der Waals surface area contributed by atoms with Gasteiger partial charge in [0.05, 0.1) is 13.2 Å². The van der Waals surface area contributed by atoms with Crippen LogP contribution in [0.3, 0.4) is 0 Å². The van der Waals surface area contributed by atoms with Gasteiger partial charge < -0.3 is 29.9 Å². The van der Waals surface area contributed by atoms with Gasteiger partial charge in [-0.1, -0.05) is 36.4 Å². The van der Waals surface area contributed by atoms with Gasteiger partial charge in [-0.2, -0.15) is 0 Å². The van der Waals surface area contributed by atoms with E-state index < -0.39 is 6.10 Å². The van der Waals surface area contributed by atoms with E-state index in [1.165, 1.54) is 5.56 Å². The van der Waals surface area contributed by atoms with Gasteiger partial charge in [0.2, 0.25) is 0 Å². The summed E-state index contributed by atoms with van der Waals surface area (Å²) in [7, 11) is 1.63. The molecule has 0 aliphatic carbocycles. The van der Waals surface area contributed by atoms with Crippen molar-refractivity contribution in [2.45, 2.75) is 44.4 Å². The number of nitrogens with one attached hydrogen (secondary N) is 1. The number of rotatable bonds is 12. The monoisotopic (exact) mass is 428 g/mol. The summed E-state index contributed by atoms with van der Waals surface area (Å²) >= 11 is 0. The van der Waals surface area contributed by atoms with Crippen molar-refractivity contribution in [2.75, 3.05) is 39.9 Å². The number of piperidine rings is 1. The van der Waals surface area contributed by atoms with E-state index in [9.17, 15) is 10.2 Å². The van der Waals surface area contributed by atoms with Crippen molar-refractivity contribution in [2.24, 2.45) is 0 Å². The lowest BCUT2D eigenvalue weighted by Gasteiger charge is -2.30. The fourth-order valence-corrected chi connectivity index (χ4v) is 3.87. The Morgan fingerprint density at radius 2 is 1.84 bits per heavy atom. The molecule has 0 bridgehead atoms. The van der Waals surface area contributed by atoms with Crippen molar-refractivity contribution < 1.29 is 19.7 Å². The lowest BCUT2D eigenvalue weighted by Crippen LogP contribution is -2.41. The smallest absolute Gasteiger partial charge is 0.161 e. The number of hydrogen-bond acceptors (Lipinski definition) is 6. The van der Waals surface area contributed by atoms with Crippen molar-refractivity contribution in [1.82, 2.24) is 10.2 Å². The average molecular weight is 429 g/mol. The van der Waals surface area contributed by atoms with Crippen LogP contribution in [-0.4, -0.2) is 67.2 Å². The van der Waals surface area contributed by atoms with Crippen LogP contribution in [0.1, 0.15) is 30.4 Å². The highest BCUT2D eigenvalue weighted by Crippen LogP contribution is 2.28. The number of aryl methyl sites for hydroxylation is 1. The molecule has 6 heteroatoms. The van der Waals surface area contributed by atoms with Crippen molar-refractivity contribution in [3.05, 3.63) is 59.7 Å². The second-order valence-electron chi connectivity index (χ2n) is 8.25. The summed E-state index contributed by atoms with van der Waals surface area (Å²) in [5, 5.41) is 23.4. The van der Waals surface area contributed by atoms with E-state index in [-0.39, 0.29) is 12.7 Å². The first kappa shape index (κ1) is 23.5. The molecule has 1 atom stereocenters. The normalized spacial score (nSPS) is 16.2. The van der Waals surface area contributed by atoms with Gasteiger partial charge in [0.15, 0.2) is 11.5 Å². The van der Waals surface area contributed by atoms with Crippen LogP contribution in [0.25, 0.3) is 0 Å². The standard InChI is InChI=1S/C25H36N2O4/c1-30-25-16-21(17-26-13-5-8-20-6-3-2-4-7-20)9-10-24(25)31-19-23(29)18-27-14-11-22(28)12-15-27/h2-4,6-7,9-10,16,22-23,26,28-29H,5,8,11-15,17-19H2,1H3/t23-/m0/s1. The third-order valence-electron chi connectivity index (χ3n) is 5.68. The molecule has 0 amide bonds. The predicted octanol–water partition coefficient (Wildman–Crippen LogP) is 2.61. The molecule has 2 aromatic rings. The molecule has 0 saturated carbocycles. The Hall–Kier alpha value is -2.12. The van der Waals surface area contributed by atoms with Gasteiger partial charge in [0.25, 0.3) is 0 Å². The summed E-state index contributed by atoms with van der Waals surface area (Å²) in [6.07, 6.45) is 2.92. The molecule has 0 unspecified atom stereocenters. The van der Waals surface area contributed by atoms with Gasteiger partial charge in [0.1, 0.15) is 12.7 Å². The topological polar surface area (TPSA) is 74.2 Å². The molecule has 1 aliphatic heterocycles. The zero-order valence-corrected chi connectivity index (χ0v) is 18.5. The molecule has 6 nitrogen and oxygen atoms in total. The second kappa shape index (κ2) is 12.7. The Kier molecular flexibility index (Phi) is 9.62. The Balaban J connectivity index is 1.38. The highest BCUT2D eigenvalue weighted by molar-refractivity contribution is 5.43. The molecule has 0 aromatic heterocycles. The minimum atomic E-state index is -0.578. The maximum absolute atomic E-state index is 10.3.